The number of nitrogens with zero attached hydrogens (tertiary/aromatic N) is 1. The number of piperidine rings is 1. The molecule has 2 nitrogen and oxygen atoms in total. The highest BCUT2D eigenvalue weighted by Crippen LogP contribution is 2.30. The monoisotopic (exact) mass is 324 g/mol. The zero-order valence-electron chi connectivity index (χ0n) is 12.3. The molecule has 0 aliphatic carbocycles. The van der Waals surface area contributed by atoms with Crippen LogP contribution >= 0.6 is 15.9 Å². The van der Waals surface area contributed by atoms with Crippen molar-refractivity contribution in [3.8, 4) is 0 Å². The summed E-state index contributed by atoms with van der Waals surface area (Å²) < 4.78 is 1.18. The number of nitrogens with one attached hydrogen (secondary N) is 1. The van der Waals surface area contributed by atoms with Crippen LogP contribution < -0.4 is 10.2 Å². The number of aryl methyl sites for hydroxylation is 2. The van der Waals surface area contributed by atoms with E-state index in [1.807, 2.05) is 0 Å². The van der Waals surface area contributed by atoms with Crippen LogP contribution in [0.1, 0.15) is 37.3 Å². The van der Waals surface area contributed by atoms with Gasteiger partial charge in [0.25, 0.3) is 0 Å². The van der Waals surface area contributed by atoms with Crippen molar-refractivity contribution in [3.63, 3.8) is 0 Å². The molecule has 1 unspecified atom stereocenters. The number of hydrogen-bond donors (Lipinski definition) is 1. The second kappa shape index (κ2) is 6.76. The number of anilines is 1. The highest BCUT2D eigenvalue weighted by Gasteiger charge is 2.21. The van der Waals surface area contributed by atoms with Crippen molar-refractivity contribution in [2.45, 2.75) is 46.1 Å². The van der Waals surface area contributed by atoms with Crippen molar-refractivity contribution in [3.05, 3.63) is 27.7 Å². The van der Waals surface area contributed by atoms with E-state index in [1.165, 1.54) is 47.1 Å². The summed E-state index contributed by atoms with van der Waals surface area (Å²) in [6, 6.07) is 5.10. The Bertz CT molecular complexity index is 408. The van der Waals surface area contributed by atoms with Gasteiger partial charge in [-0.2, -0.15) is 0 Å². The fourth-order valence-electron chi connectivity index (χ4n) is 3.10. The quantitative estimate of drug-likeness (QED) is 0.899. The van der Waals surface area contributed by atoms with E-state index in [4.69, 9.17) is 0 Å². The molecule has 0 bridgehead atoms. The summed E-state index contributed by atoms with van der Waals surface area (Å²) in [5.74, 6) is 0. The molecule has 0 spiro atoms. The minimum Gasteiger partial charge on any atom is -0.370 e. The van der Waals surface area contributed by atoms with Crippen LogP contribution in [-0.4, -0.2) is 25.7 Å². The van der Waals surface area contributed by atoms with Crippen LogP contribution in [0.2, 0.25) is 0 Å². The van der Waals surface area contributed by atoms with E-state index in [1.54, 1.807) is 0 Å². The minimum atomic E-state index is 0.649. The lowest BCUT2D eigenvalue weighted by Gasteiger charge is -2.36. The van der Waals surface area contributed by atoms with Gasteiger partial charge in [-0.3, -0.25) is 0 Å². The highest BCUT2D eigenvalue weighted by molar-refractivity contribution is 9.10. The summed E-state index contributed by atoms with van der Waals surface area (Å²) in [6.07, 6.45) is 3.81. The Morgan fingerprint density at radius 2 is 2.00 bits per heavy atom. The Balaban J connectivity index is 2.13. The third-order valence-corrected chi connectivity index (χ3v) is 4.33. The first-order chi connectivity index (χ1) is 9.11. The van der Waals surface area contributed by atoms with Crippen LogP contribution in [-0.2, 0) is 0 Å². The maximum atomic E-state index is 3.67. The molecule has 1 aliphatic rings. The molecule has 0 radical (unpaired) electrons. The zero-order chi connectivity index (χ0) is 13.8. The van der Waals surface area contributed by atoms with E-state index >= 15 is 0 Å². The van der Waals surface area contributed by atoms with Crippen LogP contribution in [0.25, 0.3) is 0 Å². The van der Waals surface area contributed by atoms with Crippen LogP contribution in [0.4, 0.5) is 5.69 Å². The van der Waals surface area contributed by atoms with Gasteiger partial charge in [0.2, 0.25) is 0 Å². The van der Waals surface area contributed by atoms with Crippen molar-refractivity contribution in [2.75, 3.05) is 24.5 Å². The first-order valence-electron chi connectivity index (χ1n) is 7.37. The van der Waals surface area contributed by atoms with Gasteiger partial charge in [-0.1, -0.05) is 22.9 Å². The molecule has 2 rings (SSSR count). The Hall–Kier alpha value is -0.540. The molecular formula is C16H25BrN2. The van der Waals surface area contributed by atoms with Crippen molar-refractivity contribution < 1.29 is 0 Å². The van der Waals surface area contributed by atoms with Crippen LogP contribution in [0.5, 0.6) is 0 Å². The summed E-state index contributed by atoms with van der Waals surface area (Å²) in [5, 5.41) is 3.67. The van der Waals surface area contributed by atoms with Crippen LogP contribution in [0.15, 0.2) is 16.6 Å². The number of hydrogen-bond acceptors (Lipinski definition) is 2. The van der Waals surface area contributed by atoms with Gasteiger partial charge in [-0.05, 0) is 62.9 Å². The van der Waals surface area contributed by atoms with E-state index in [2.05, 4.69) is 59.1 Å². The van der Waals surface area contributed by atoms with E-state index in [-0.39, 0.29) is 0 Å². The fourth-order valence-corrected chi connectivity index (χ4v) is 3.78. The molecule has 0 amide bonds. The standard InChI is InChI=1S/C16H25BrN2/c1-4-7-18-15-6-5-8-19(11-15)16-12(2)9-14(17)10-13(16)3/h9-10,15,18H,4-8,11H2,1-3H3. The van der Waals surface area contributed by atoms with Crippen LogP contribution in [0, 0.1) is 13.8 Å². The van der Waals surface area contributed by atoms with Gasteiger partial charge in [-0.25, -0.2) is 0 Å². The summed E-state index contributed by atoms with van der Waals surface area (Å²) in [6.45, 7) is 10.1. The topological polar surface area (TPSA) is 15.3 Å². The second-order valence-electron chi connectivity index (χ2n) is 5.63. The highest BCUT2D eigenvalue weighted by atomic mass is 79.9. The Labute approximate surface area is 125 Å². The average molecular weight is 325 g/mol. The zero-order valence-corrected chi connectivity index (χ0v) is 13.9. The second-order valence-corrected chi connectivity index (χ2v) is 6.54. The van der Waals surface area contributed by atoms with Gasteiger partial charge in [0.05, 0.1) is 0 Å². The number of halogens is 1. The normalized spacial score (nSPS) is 19.8. The molecule has 1 aliphatic heterocycles. The number of benzene rings is 1. The molecule has 1 aromatic carbocycles. The lowest BCUT2D eigenvalue weighted by Crippen LogP contribution is -2.46. The fraction of sp³-hybridized carbons (Fsp3) is 0.625. The molecule has 3 heteroatoms. The van der Waals surface area contributed by atoms with Crippen molar-refractivity contribution in [1.29, 1.82) is 0 Å². The molecule has 0 saturated carbocycles. The van der Waals surface area contributed by atoms with Gasteiger partial charge in [-0.15, -0.1) is 0 Å². The van der Waals surface area contributed by atoms with Gasteiger partial charge < -0.3 is 10.2 Å². The SMILES string of the molecule is CCCNC1CCCN(c2c(C)cc(Br)cc2C)C1. The molecule has 0 aromatic heterocycles. The first-order valence-corrected chi connectivity index (χ1v) is 8.16. The van der Waals surface area contributed by atoms with E-state index in [0.717, 1.165) is 13.1 Å². The largest absolute Gasteiger partial charge is 0.370 e. The average Bonchev–Trinajstić information content (AvgIpc) is 2.35. The summed E-state index contributed by atoms with van der Waals surface area (Å²) in [5.41, 5.74) is 4.19. The maximum Gasteiger partial charge on any atom is 0.0426 e. The minimum absolute atomic E-state index is 0.649. The Morgan fingerprint density at radius 1 is 1.32 bits per heavy atom. The maximum absolute atomic E-state index is 3.67. The summed E-state index contributed by atoms with van der Waals surface area (Å²) >= 11 is 3.59. The molecule has 1 heterocycles. The molecule has 19 heavy (non-hydrogen) atoms. The molecular weight excluding hydrogens is 300 g/mol. The smallest absolute Gasteiger partial charge is 0.0426 e. The Kier molecular flexibility index (Phi) is 5.28. The predicted octanol–water partition coefficient (Wildman–Crippen LogP) is 4.03. The molecule has 1 fully saturated rings. The molecule has 106 valence electrons. The molecule has 1 N–H and O–H groups in total. The van der Waals surface area contributed by atoms with Gasteiger partial charge in [0.1, 0.15) is 0 Å². The van der Waals surface area contributed by atoms with Gasteiger partial charge >= 0.3 is 0 Å². The van der Waals surface area contributed by atoms with Gasteiger partial charge in [0, 0.05) is 29.3 Å². The summed E-state index contributed by atoms with van der Waals surface area (Å²) in [4.78, 5) is 2.56. The Morgan fingerprint density at radius 3 is 2.63 bits per heavy atom. The van der Waals surface area contributed by atoms with Crippen molar-refractivity contribution in [1.82, 2.24) is 5.32 Å². The lowest BCUT2D eigenvalue weighted by molar-refractivity contribution is 0.423. The van der Waals surface area contributed by atoms with Crippen molar-refractivity contribution >= 4 is 21.6 Å². The summed E-state index contributed by atoms with van der Waals surface area (Å²) in [7, 11) is 0. The van der Waals surface area contributed by atoms with E-state index < -0.39 is 0 Å². The van der Waals surface area contributed by atoms with E-state index in [0.29, 0.717) is 6.04 Å². The third kappa shape index (κ3) is 3.73. The third-order valence-electron chi connectivity index (χ3n) is 3.88. The predicted molar refractivity (Wildman–Crippen MR) is 87.1 cm³/mol. The van der Waals surface area contributed by atoms with Crippen molar-refractivity contribution in [2.24, 2.45) is 0 Å². The first kappa shape index (κ1) is 14.9. The lowest BCUT2D eigenvalue weighted by atomic mass is 10.0. The number of rotatable bonds is 4. The van der Waals surface area contributed by atoms with E-state index in [9.17, 15) is 0 Å². The van der Waals surface area contributed by atoms with Crippen LogP contribution in [0.3, 0.4) is 0 Å². The molecule has 1 aromatic rings. The molecule has 1 atom stereocenters. The van der Waals surface area contributed by atoms with Gasteiger partial charge in [0.15, 0.2) is 0 Å². The molecule has 1 saturated heterocycles.